The molecule has 3 unspecified atom stereocenters. The summed E-state index contributed by atoms with van der Waals surface area (Å²) in [5.74, 6) is 0.384. The van der Waals surface area contributed by atoms with E-state index in [2.05, 4.69) is 12.2 Å². The van der Waals surface area contributed by atoms with Crippen LogP contribution in [0, 0.1) is 5.92 Å². The van der Waals surface area contributed by atoms with E-state index in [1.807, 2.05) is 18.2 Å². The number of hydrogen-bond acceptors (Lipinski definition) is 2. The Hall–Kier alpha value is -0.280. The molecular weight excluding hydrogens is 269 g/mol. The molecule has 4 heteroatoms. The lowest BCUT2D eigenvalue weighted by Gasteiger charge is -2.20. The highest BCUT2D eigenvalue weighted by molar-refractivity contribution is 6.42. The molecule has 0 saturated heterocycles. The van der Waals surface area contributed by atoms with Crippen LogP contribution in [-0.2, 0) is 0 Å². The molecule has 0 aliphatic heterocycles. The lowest BCUT2D eigenvalue weighted by atomic mass is 10.0. The number of nitrogens with one attached hydrogen (secondary N) is 1. The Morgan fingerprint density at radius 1 is 1.33 bits per heavy atom. The average Bonchev–Trinajstić information content (AvgIpc) is 2.75. The van der Waals surface area contributed by atoms with Gasteiger partial charge in [0, 0.05) is 12.6 Å². The van der Waals surface area contributed by atoms with Crippen LogP contribution in [0.2, 0.25) is 10.0 Å². The number of aliphatic hydroxyl groups excluding tert-OH is 1. The minimum atomic E-state index is -0.140. The van der Waals surface area contributed by atoms with Gasteiger partial charge in [0.25, 0.3) is 0 Å². The third kappa shape index (κ3) is 3.39. The van der Waals surface area contributed by atoms with E-state index in [1.165, 1.54) is 0 Å². The van der Waals surface area contributed by atoms with Gasteiger partial charge in [-0.25, -0.2) is 0 Å². The van der Waals surface area contributed by atoms with Gasteiger partial charge in [0.05, 0.1) is 16.1 Å². The summed E-state index contributed by atoms with van der Waals surface area (Å²) in [6.07, 6.45) is 3.04. The van der Waals surface area contributed by atoms with Crippen LogP contribution < -0.4 is 5.32 Å². The molecule has 0 aromatic heterocycles. The molecule has 1 aliphatic rings. The van der Waals surface area contributed by atoms with E-state index in [1.54, 1.807) is 0 Å². The summed E-state index contributed by atoms with van der Waals surface area (Å²) in [6.45, 7) is 2.95. The van der Waals surface area contributed by atoms with Crippen molar-refractivity contribution in [2.75, 3.05) is 6.54 Å². The van der Waals surface area contributed by atoms with E-state index in [4.69, 9.17) is 23.2 Å². The third-order valence-corrected chi connectivity index (χ3v) is 4.49. The van der Waals surface area contributed by atoms with Crippen molar-refractivity contribution in [2.45, 2.75) is 38.3 Å². The Balaban J connectivity index is 1.90. The Morgan fingerprint density at radius 2 is 2.11 bits per heavy atom. The quantitative estimate of drug-likeness (QED) is 0.883. The SMILES string of the molecule is CC(NCC1CCCC1O)c1ccc(Cl)c(Cl)c1. The molecule has 0 bridgehead atoms. The highest BCUT2D eigenvalue weighted by Crippen LogP contribution is 2.27. The maximum absolute atomic E-state index is 9.77. The molecular formula is C14H19Cl2NO. The van der Waals surface area contributed by atoms with Crippen LogP contribution in [0.4, 0.5) is 0 Å². The number of hydrogen-bond donors (Lipinski definition) is 2. The molecule has 2 nitrogen and oxygen atoms in total. The monoisotopic (exact) mass is 287 g/mol. The molecule has 2 N–H and O–H groups in total. The second-order valence-corrected chi connectivity index (χ2v) is 5.88. The van der Waals surface area contributed by atoms with Crippen LogP contribution in [0.5, 0.6) is 0 Å². The van der Waals surface area contributed by atoms with Gasteiger partial charge in [0.1, 0.15) is 0 Å². The van der Waals surface area contributed by atoms with Crippen LogP contribution in [0.15, 0.2) is 18.2 Å². The fourth-order valence-electron chi connectivity index (χ4n) is 2.48. The second kappa shape index (κ2) is 6.25. The first kappa shape index (κ1) is 14.1. The van der Waals surface area contributed by atoms with Crippen molar-refractivity contribution in [2.24, 2.45) is 5.92 Å². The van der Waals surface area contributed by atoms with Gasteiger partial charge in [-0.3, -0.25) is 0 Å². The van der Waals surface area contributed by atoms with Gasteiger partial charge >= 0.3 is 0 Å². The van der Waals surface area contributed by atoms with E-state index in [-0.39, 0.29) is 12.1 Å². The summed E-state index contributed by atoms with van der Waals surface area (Å²) < 4.78 is 0. The van der Waals surface area contributed by atoms with Gasteiger partial charge in [-0.2, -0.15) is 0 Å². The molecule has 0 radical (unpaired) electrons. The molecule has 1 fully saturated rings. The average molecular weight is 288 g/mol. The van der Waals surface area contributed by atoms with Crippen LogP contribution in [-0.4, -0.2) is 17.8 Å². The van der Waals surface area contributed by atoms with Gasteiger partial charge in [-0.1, -0.05) is 35.7 Å². The zero-order valence-electron chi connectivity index (χ0n) is 10.5. The molecule has 1 saturated carbocycles. The molecule has 3 atom stereocenters. The van der Waals surface area contributed by atoms with Gasteiger partial charge < -0.3 is 10.4 Å². The van der Waals surface area contributed by atoms with Gasteiger partial charge in [-0.15, -0.1) is 0 Å². The smallest absolute Gasteiger partial charge is 0.0595 e. The molecule has 1 aliphatic carbocycles. The third-order valence-electron chi connectivity index (χ3n) is 3.75. The van der Waals surface area contributed by atoms with Crippen LogP contribution in [0.1, 0.15) is 37.8 Å². The van der Waals surface area contributed by atoms with E-state index in [0.29, 0.717) is 16.0 Å². The molecule has 1 aromatic rings. The van der Waals surface area contributed by atoms with E-state index in [9.17, 15) is 5.11 Å². The second-order valence-electron chi connectivity index (χ2n) is 5.06. The Kier molecular flexibility index (Phi) is 4.91. The molecule has 100 valence electrons. The van der Waals surface area contributed by atoms with E-state index in [0.717, 1.165) is 31.4 Å². The van der Waals surface area contributed by atoms with Crippen molar-refractivity contribution < 1.29 is 5.11 Å². The van der Waals surface area contributed by atoms with Crippen LogP contribution >= 0.6 is 23.2 Å². The number of aliphatic hydroxyl groups is 1. The van der Waals surface area contributed by atoms with Crippen molar-refractivity contribution in [3.63, 3.8) is 0 Å². The van der Waals surface area contributed by atoms with Gasteiger partial charge in [-0.05, 0) is 43.4 Å². The Labute approximate surface area is 118 Å². The first-order chi connectivity index (χ1) is 8.58. The lowest BCUT2D eigenvalue weighted by Crippen LogP contribution is -2.29. The Morgan fingerprint density at radius 3 is 2.72 bits per heavy atom. The maximum Gasteiger partial charge on any atom is 0.0595 e. The number of rotatable bonds is 4. The first-order valence-electron chi connectivity index (χ1n) is 6.44. The molecule has 0 amide bonds. The summed E-state index contributed by atoms with van der Waals surface area (Å²) in [5.41, 5.74) is 1.12. The molecule has 2 rings (SSSR count). The zero-order chi connectivity index (χ0) is 13.1. The normalized spacial score (nSPS) is 25.3. The highest BCUT2D eigenvalue weighted by atomic mass is 35.5. The molecule has 0 spiro atoms. The van der Waals surface area contributed by atoms with Gasteiger partial charge in [0.15, 0.2) is 0 Å². The topological polar surface area (TPSA) is 32.3 Å². The van der Waals surface area contributed by atoms with Crippen molar-refractivity contribution in [3.8, 4) is 0 Å². The predicted molar refractivity (Wildman–Crippen MR) is 76.2 cm³/mol. The summed E-state index contributed by atoms with van der Waals surface area (Å²) >= 11 is 11.9. The standard InChI is InChI=1S/C14H19Cl2NO/c1-9(10-5-6-12(15)13(16)7-10)17-8-11-3-2-4-14(11)18/h5-7,9,11,14,17-18H,2-4,8H2,1H3. The van der Waals surface area contributed by atoms with Crippen molar-refractivity contribution in [1.29, 1.82) is 0 Å². The lowest BCUT2D eigenvalue weighted by molar-refractivity contribution is 0.130. The van der Waals surface area contributed by atoms with E-state index < -0.39 is 0 Å². The van der Waals surface area contributed by atoms with E-state index >= 15 is 0 Å². The fourth-order valence-corrected chi connectivity index (χ4v) is 2.79. The molecule has 1 aromatic carbocycles. The summed E-state index contributed by atoms with van der Waals surface area (Å²) in [6, 6.07) is 5.92. The summed E-state index contributed by atoms with van der Waals surface area (Å²) in [5, 5.41) is 14.4. The van der Waals surface area contributed by atoms with Gasteiger partial charge in [0.2, 0.25) is 0 Å². The number of benzene rings is 1. The fraction of sp³-hybridized carbons (Fsp3) is 0.571. The van der Waals surface area contributed by atoms with Crippen LogP contribution in [0.25, 0.3) is 0 Å². The molecule has 18 heavy (non-hydrogen) atoms. The minimum Gasteiger partial charge on any atom is -0.393 e. The maximum atomic E-state index is 9.77. The van der Waals surface area contributed by atoms with Crippen molar-refractivity contribution >= 4 is 23.2 Å². The first-order valence-corrected chi connectivity index (χ1v) is 7.20. The number of halogens is 2. The minimum absolute atomic E-state index is 0.140. The van der Waals surface area contributed by atoms with Crippen LogP contribution in [0.3, 0.4) is 0 Å². The largest absolute Gasteiger partial charge is 0.393 e. The Bertz CT molecular complexity index is 411. The summed E-state index contributed by atoms with van der Waals surface area (Å²) in [7, 11) is 0. The highest BCUT2D eigenvalue weighted by Gasteiger charge is 2.25. The summed E-state index contributed by atoms with van der Waals surface area (Å²) in [4.78, 5) is 0. The predicted octanol–water partition coefficient (Wildman–Crippen LogP) is 3.81. The van der Waals surface area contributed by atoms with Crippen molar-refractivity contribution in [3.05, 3.63) is 33.8 Å². The molecule has 0 heterocycles. The zero-order valence-corrected chi connectivity index (χ0v) is 12.0. The van der Waals surface area contributed by atoms with Crippen molar-refractivity contribution in [1.82, 2.24) is 5.32 Å².